The highest BCUT2D eigenvalue weighted by Crippen LogP contribution is 2.39. The predicted octanol–water partition coefficient (Wildman–Crippen LogP) is 4.56. The van der Waals surface area contributed by atoms with E-state index in [1.165, 1.54) is 10.8 Å². The molecule has 2 heterocycles. The number of H-pyrrole nitrogens is 1. The van der Waals surface area contributed by atoms with Crippen molar-refractivity contribution < 1.29 is 9.31 Å². The largest absolute Gasteiger partial charge is 0.491 e. The van der Waals surface area contributed by atoms with E-state index in [9.17, 15) is 0 Å². The van der Waals surface area contributed by atoms with Crippen LogP contribution in [0.3, 0.4) is 0 Å². The van der Waals surface area contributed by atoms with Crippen molar-refractivity contribution in [1.29, 1.82) is 0 Å². The molecule has 27 heavy (non-hydrogen) atoms. The van der Waals surface area contributed by atoms with Crippen molar-refractivity contribution in [2.45, 2.75) is 38.9 Å². The number of para-hydroxylation sites is 1. The van der Waals surface area contributed by atoms with Crippen molar-refractivity contribution in [2.75, 3.05) is 13.6 Å². The maximum absolute atomic E-state index is 6.25. The second kappa shape index (κ2) is 6.52. The number of rotatable bonds is 4. The Kier molecular flexibility index (Phi) is 4.42. The number of aromatic nitrogens is 1. The van der Waals surface area contributed by atoms with E-state index in [-0.39, 0.29) is 18.3 Å². The highest BCUT2D eigenvalue weighted by Gasteiger charge is 2.52. The summed E-state index contributed by atoms with van der Waals surface area (Å²) in [5, 5.41) is 5.74. The quantitative estimate of drug-likeness (QED) is 0.669. The second-order valence-electron chi connectivity index (χ2n) is 8.31. The van der Waals surface area contributed by atoms with Crippen LogP contribution in [0.5, 0.6) is 0 Å². The van der Waals surface area contributed by atoms with Crippen molar-refractivity contribution in [3.8, 4) is 0 Å². The average Bonchev–Trinajstić information content (AvgIpc) is 3.08. The molecule has 2 aromatic carbocycles. The topological polar surface area (TPSA) is 46.3 Å². The molecular weight excluding hydrogens is 335 g/mol. The molecule has 3 aromatic rings. The van der Waals surface area contributed by atoms with Crippen LogP contribution in [-0.4, -0.2) is 36.9 Å². The van der Waals surface area contributed by atoms with Crippen LogP contribution < -0.4 is 5.32 Å². The Morgan fingerprint density at radius 2 is 1.67 bits per heavy atom. The molecule has 1 aliphatic heterocycles. The Labute approximate surface area is 161 Å². The van der Waals surface area contributed by atoms with E-state index in [1.54, 1.807) is 0 Å². The molecule has 0 bridgehead atoms. The number of hydrogen-bond donors (Lipinski definition) is 2. The summed E-state index contributed by atoms with van der Waals surface area (Å²) in [6.07, 6.45) is 2.17. The Balaban J connectivity index is 1.72. The maximum atomic E-state index is 6.25. The minimum atomic E-state index is -0.346. The van der Waals surface area contributed by atoms with Gasteiger partial charge in [-0.25, -0.2) is 0 Å². The van der Waals surface area contributed by atoms with Gasteiger partial charge in [-0.05, 0) is 57.9 Å². The second-order valence-corrected chi connectivity index (χ2v) is 8.31. The number of benzene rings is 2. The first-order valence-corrected chi connectivity index (χ1v) is 9.52. The van der Waals surface area contributed by atoms with Gasteiger partial charge in [-0.3, -0.25) is 0 Å². The molecule has 4 nitrogen and oxygen atoms in total. The molecule has 1 fully saturated rings. The third-order valence-electron chi connectivity index (χ3n) is 5.82. The van der Waals surface area contributed by atoms with Gasteiger partial charge in [-0.1, -0.05) is 36.4 Å². The SMILES string of the molecule is CNCC(=Cc1ccc2c(c1)[nH]c1ccccc12)B1OC(C)(C)C(C)(C)O1. The molecule has 5 heteroatoms. The van der Waals surface area contributed by atoms with Crippen molar-refractivity contribution in [3.63, 3.8) is 0 Å². The standard InChI is InChI=1S/C22H27BN2O2/c1-21(2)22(3,4)27-23(26-21)16(14-24-5)12-15-10-11-18-17-8-6-7-9-19(17)25-20(18)13-15/h6-13,24-25H,14H2,1-5H3. The van der Waals surface area contributed by atoms with Gasteiger partial charge in [0.05, 0.1) is 11.2 Å². The van der Waals surface area contributed by atoms with E-state index < -0.39 is 0 Å². The smallest absolute Gasteiger partial charge is 0.400 e. The molecule has 1 saturated heterocycles. The van der Waals surface area contributed by atoms with Gasteiger partial charge in [0.2, 0.25) is 0 Å². The molecule has 2 N–H and O–H groups in total. The highest BCUT2D eigenvalue weighted by molar-refractivity contribution is 6.56. The number of hydrogen-bond acceptors (Lipinski definition) is 3. The number of likely N-dealkylation sites (N-methyl/N-ethyl adjacent to an activating group) is 1. The zero-order chi connectivity index (χ0) is 19.2. The van der Waals surface area contributed by atoms with Crippen LogP contribution >= 0.6 is 0 Å². The Bertz CT molecular complexity index is 1000. The van der Waals surface area contributed by atoms with E-state index in [1.807, 2.05) is 7.05 Å². The fourth-order valence-electron chi connectivity index (χ4n) is 3.58. The fourth-order valence-corrected chi connectivity index (χ4v) is 3.58. The van der Waals surface area contributed by atoms with Gasteiger partial charge in [0.25, 0.3) is 0 Å². The zero-order valence-corrected chi connectivity index (χ0v) is 16.7. The van der Waals surface area contributed by atoms with Gasteiger partial charge < -0.3 is 19.6 Å². The summed E-state index contributed by atoms with van der Waals surface area (Å²) in [7, 11) is 1.60. The van der Waals surface area contributed by atoms with Gasteiger partial charge in [0.15, 0.2) is 0 Å². The lowest BCUT2D eigenvalue weighted by Gasteiger charge is -2.32. The third-order valence-corrected chi connectivity index (χ3v) is 5.82. The number of aromatic amines is 1. The zero-order valence-electron chi connectivity index (χ0n) is 16.7. The van der Waals surface area contributed by atoms with E-state index in [4.69, 9.17) is 9.31 Å². The van der Waals surface area contributed by atoms with E-state index >= 15 is 0 Å². The summed E-state index contributed by atoms with van der Waals surface area (Å²) in [4.78, 5) is 3.51. The molecule has 1 aliphatic rings. The molecule has 140 valence electrons. The molecular formula is C22H27BN2O2. The highest BCUT2D eigenvalue weighted by atomic mass is 16.7. The van der Waals surface area contributed by atoms with E-state index in [2.05, 4.69) is 86.5 Å². The average molecular weight is 362 g/mol. The monoisotopic (exact) mass is 362 g/mol. The van der Waals surface area contributed by atoms with Crippen LogP contribution in [0.25, 0.3) is 27.9 Å². The van der Waals surface area contributed by atoms with E-state index in [0.29, 0.717) is 6.54 Å². The Hall–Kier alpha value is -2.08. The van der Waals surface area contributed by atoms with E-state index in [0.717, 1.165) is 22.1 Å². The van der Waals surface area contributed by atoms with Crippen LogP contribution in [0.2, 0.25) is 0 Å². The Morgan fingerprint density at radius 3 is 2.37 bits per heavy atom. The third kappa shape index (κ3) is 3.20. The molecule has 0 spiro atoms. The van der Waals surface area contributed by atoms with Gasteiger partial charge in [0.1, 0.15) is 0 Å². The summed E-state index contributed by atoms with van der Waals surface area (Å²) in [5.41, 5.74) is 3.84. The molecule has 0 atom stereocenters. The van der Waals surface area contributed by atoms with Crippen LogP contribution in [0.15, 0.2) is 47.9 Å². The normalized spacial score (nSPS) is 19.3. The first-order chi connectivity index (χ1) is 12.8. The summed E-state index contributed by atoms with van der Waals surface area (Å²) in [6.45, 7) is 9.05. The lowest BCUT2D eigenvalue weighted by molar-refractivity contribution is 0.00578. The van der Waals surface area contributed by atoms with Gasteiger partial charge >= 0.3 is 7.12 Å². The summed E-state index contributed by atoms with van der Waals surface area (Å²) in [6, 6.07) is 14.9. The molecule has 0 aliphatic carbocycles. The molecule has 0 saturated carbocycles. The summed E-state index contributed by atoms with van der Waals surface area (Å²) >= 11 is 0. The molecule has 0 radical (unpaired) electrons. The summed E-state index contributed by atoms with van der Waals surface area (Å²) in [5.74, 6) is 0. The fraction of sp³-hybridized carbons (Fsp3) is 0.364. The Morgan fingerprint density at radius 1 is 1.00 bits per heavy atom. The minimum absolute atomic E-state index is 0.342. The van der Waals surface area contributed by atoms with Gasteiger partial charge in [-0.2, -0.15) is 0 Å². The molecule has 0 amide bonds. The first kappa shape index (κ1) is 18.3. The predicted molar refractivity (Wildman–Crippen MR) is 114 cm³/mol. The lowest BCUT2D eigenvalue weighted by Crippen LogP contribution is -2.41. The number of fused-ring (bicyclic) bond motifs is 3. The van der Waals surface area contributed by atoms with Gasteiger partial charge in [0, 0.05) is 28.4 Å². The van der Waals surface area contributed by atoms with Gasteiger partial charge in [-0.15, -0.1) is 0 Å². The molecule has 1 aromatic heterocycles. The molecule has 0 unspecified atom stereocenters. The maximum Gasteiger partial charge on any atom is 0.491 e. The number of nitrogens with one attached hydrogen (secondary N) is 2. The minimum Gasteiger partial charge on any atom is -0.400 e. The van der Waals surface area contributed by atoms with Crippen LogP contribution in [-0.2, 0) is 9.31 Å². The molecule has 4 rings (SSSR count). The van der Waals surface area contributed by atoms with Crippen LogP contribution in [0.4, 0.5) is 0 Å². The van der Waals surface area contributed by atoms with Crippen molar-refractivity contribution >= 4 is 35.0 Å². The van der Waals surface area contributed by atoms with Crippen molar-refractivity contribution in [3.05, 3.63) is 53.5 Å². The van der Waals surface area contributed by atoms with Crippen molar-refractivity contribution in [1.82, 2.24) is 10.3 Å². The lowest BCUT2D eigenvalue weighted by atomic mass is 9.77. The van der Waals surface area contributed by atoms with Crippen LogP contribution in [0, 0.1) is 0 Å². The first-order valence-electron chi connectivity index (χ1n) is 9.52. The van der Waals surface area contributed by atoms with Crippen molar-refractivity contribution in [2.24, 2.45) is 0 Å². The summed E-state index contributed by atoms with van der Waals surface area (Å²) < 4.78 is 12.5. The van der Waals surface area contributed by atoms with Crippen LogP contribution in [0.1, 0.15) is 33.3 Å².